The van der Waals surface area contributed by atoms with Crippen LogP contribution in [0.1, 0.15) is 19.4 Å². The molecule has 1 nitrogen and oxygen atoms in total. The molecule has 0 spiro atoms. The number of nitrogens with one attached hydrogen (secondary N) is 1. The number of benzene rings is 1. The summed E-state index contributed by atoms with van der Waals surface area (Å²) in [5.74, 6) is -0.491. The fraction of sp³-hybridized carbons (Fsp3) is 0.455. The van der Waals surface area contributed by atoms with Crippen molar-refractivity contribution in [2.24, 2.45) is 5.92 Å². The average molecular weight is 199 g/mol. The van der Waals surface area contributed by atoms with Gasteiger partial charge >= 0.3 is 0 Å². The normalized spacial score (nSPS) is 10.9. The number of rotatable bonds is 4. The first-order valence-corrected chi connectivity index (χ1v) is 4.74. The van der Waals surface area contributed by atoms with Gasteiger partial charge in [-0.15, -0.1) is 0 Å². The predicted molar refractivity (Wildman–Crippen MR) is 52.9 cm³/mol. The van der Waals surface area contributed by atoms with Gasteiger partial charge in [-0.1, -0.05) is 19.9 Å². The van der Waals surface area contributed by atoms with Gasteiger partial charge in [-0.3, -0.25) is 0 Å². The molecule has 0 fully saturated rings. The maximum atomic E-state index is 13.1. The van der Waals surface area contributed by atoms with Crippen LogP contribution in [0.4, 0.5) is 8.78 Å². The minimum Gasteiger partial charge on any atom is -0.312 e. The van der Waals surface area contributed by atoms with E-state index in [1.165, 1.54) is 12.1 Å². The van der Waals surface area contributed by atoms with Gasteiger partial charge in [0, 0.05) is 18.2 Å². The zero-order valence-electron chi connectivity index (χ0n) is 8.48. The van der Waals surface area contributed by atoms with E-state index in [0.29, 0.717) is 18.0 Å². The maximum absolute atomic E-state index is 13.1. The van der Waals surface area contributed by atoms with Crippen molar-refractivity contribution in [3.63, 3.8) is 0 Å². The Labute approximate surface area is 83.1 Å². The molecule has 0 unspecified atom stereocenters. The van der Waals surface area contributed by atoms with Crippen molar-refractivity contribution in [3.8, 4) is 0 Å². The molecule has 0 radical (unpaired) electrons. The second kappa shape index (κ2) is 5.05. The topological polar surface area (TPSA) is 12.0 Å². The summed E-state index contributed by atoms with van der Waals surface area (Å²) < 4.78 is 25.6. The van der Waals surface area contributed by atoms with Gasteiger partial charge in [0.2, 0.25) is 0 Å². The lowest BCUT2D eigenvalue weighted by Gasteiger charge is -2.07. The van der Waals surface area contributed by atoms with Crippen molar-refractivity contribution in [1.29, 1.82) is 0 Å². The lowest BCUT2D eigenvalue weighted by molar-refractivity contribution is 0.528. The fourth-order valence-electron chi connectivity index (χ4n) is 1.16. The third kappa shape index (κ3) is 3.42. The molecule has 0 aliphatic heterocycles. The van der Waals surface area contributed by atoms with E-state index in [4.69, 9.17) is 0 Å². The van der Waals surface area contributed by atoms with Gasteiger partial charge < -0.3 is 5.32 Å². The first-order chi connectivity index (χ1) is 6.59. The Morgan fingerprint density at radius 3 is 2.57 bits per heavy atom. The summed E-state index contributed by atoms with van der Waals surface area (Å²) in [7, 11) is 0. The Morgan fingerprint density at radius 2 is 2.00 bits per heavy atom. The summed E-state index contributed by atoms with van der Waals surface area (Å²) >= 11 is 0. The summed E-state index contributed by atoms with van der Waals surface area (Å²) in [5.41, 5.74) is 0.507. The van der Waals surface area contributed by atoms with Crippen LogP contribution in [0.2, 0.25) is 0 Å². The van der Waals surface area contributed by atoms with Crippen LogP contribution in [0.5, 0.6) is 0 Å². The molecule has 0 amide bonds. The molecule has 1 rings (SSSR count). The molecule has 3 heteroatoms. The highest BCUT2D eigenvalue weighted by Gasteiger charge is 2.03. The van der Waals surface area contributed by atoms with Crippen molar-refractivity contribution in [3.05, 3.63) is 35.4 Å². The standard InChI is InChI=1S/C11H15F2N/c1-8(2)6-14-7-9-3-4-10(12)5-11(9)13/h3-5,8,14H,6-7H2,1-2H3. The van der Waals surface area contributed by atoms with Crippen LogP contribution in [0.3, 0.4) is 0 Å². The average Bonchev–Trinajstić information content (AvgIpc) is 2.08. The molecule has 0 bridgehead atoms. The summed E-state index contributed by atoms with van der Waals surface area (Å²) in [6, 6.07) is 3.65. The third-order valence-electron chi connectivity index (χ3n) is 1.88. The van der Waals surface area contributed by atoms with Gasteiger partial charge in [-0.2, -0.15) is 0 Å². The van der Waals surface area contributed by atoms with E-state index in [2.05, 4.69) is 19.2 Å². The van der Waals surface area contributed by atoms with Gasteiger partial charge in [0.05, 0.1) is 0 Å². The zero-order valence-corrected chi connectivity index (χ0v) is 8.48. The molecule has 0 heterocycles. The fourth-order valence-corrected chi connectivity index (χ4v) is 1.16. The minimum atomic E-state index is -0.532. The van der Waals surface area contributed by atoms with Crippen molar-refractivity contribution in [2.45, 2.75) is 20.4 Å². The Balaban J connectivity index is 2.51. The molecule has 14 heavy (non-hydrogen) atoms. The second-order valence-electron chi connectivity index (χ2n) is 3.76. The van der Waals surface area contributed by atoms with E-state index >= 15 is 0 Å². The largest absolute Gasteiger partial charge is 0.312 e. The van der Waals surface area contributed by atoms with Crippen molar-refractivity contribution >= 4 is 0 Å². The molecule has 0 atom stereocenters. The van der Waals surface area contributed by atoms with Crippen LogP contribution in [-0.2, 0) is 6.54 Å². The number of hydrogen-bond donors (Lipinski definition) is 1. The van der Waals surface area contributed by atoms with Gasteiger partial charge in [0.15, 0.2) is 0 Å². The first kappa shape index (κ1) is 11.1. The second-order valence-corrected chi connectivity index (χ2v) is 3.76. The Bertz CT molecular complexity index is 297. The van der Waals surface area contributed by atoms with Crippen LogP contribution in [-0.4, -0.2) is 6.54 Å². The summed E-state index contributed by atoms with van der Waals surface area (Å²) in [5, 5.41) is 3.10. The van der Waals surface area contributed by atoms with E-state index in [-0.39, 0.29) is 0 Å². The maximum Gasteiger partial charge on any atom is 0.130 e. The molecule has 0 saturated heterocycles. The van der Waals surface area contributed by atoms with E-state index in [1.807, 2.05) is 0 Å². The van der Waals surface area contributed by atoms with Gasteiger partial charge in [0.1, 0.15) is 11.6 Å². The monoisotopic (exact) mass is 199 g/mol. The summed E-state index contributed by atoms with van der Waals surface area (Å²) in [6.45, 7) is 5.43. The molecule has 78 valence electrons. The van der Waals surface area contributed by atoms with Crippen LogP contribution in [0.25, 0.3) is 0 Å². The molecular weight excluding hydrogens is 184 g/mol. The SMILES string of the molecule is CC(C)CNCc1ccc(F)cc1F. The van der Waals surface area contributed by atoms with Crippen LogP contribution < -0.4 is 5.32 Å². The van der Waals surface area contributed by atoms with Crippen molar-refractivity contribution in [1.82, 2.24) is 5.32 Å². The quantitative estimate of drug-likeness (QED) is 0.786. The molecule has 0 aliphatic rings. The zero-order chi connectivity index (χ0) is 10.6. The molecule has 0 aromatic heterocycles. The van der Waals surface area contributed by atoms with Gasteiger partial charge in [0.25, 0.3) is 0 Å². The van der Waals surface area contributed by atoms with Crippen LogP contribution in [0, 0.1) is 17.6 Å². The Kier molecular flexibility index (Phi) is 4.01. The van der Waals surface area contributed by atoms with Gasteiger partial charge in [-0.05, 0) is 18.5 Å². The number of halogens is 2. The summed E-state index contributed by atoms with van der Waals surface area (Å²) in [4.78, 5) is 0. The van der Waals surface area contributed by atoms with Gasteiger partial charge in [-0.25, -0.2) is 8.78 Å². The predicted octanol–water partition coefficient (Wildman–Crippen LogP) is 2.71. The molecular formula is C11H15F2N. The number of hydrogen-bond acceptors (Lipinski definition) is 1. The highest BCUT2D eigenvalue weighted by Crippen LogP contribution is 2.08. The van der Waals surface area contributed by atoms with Crippen molar-refractivity contribution in [2.75, 3.05) is 6.54 Å². The molecule has 1 aromatic rings. The van der Waals surface area contributed by atoms with E-state index < -0.39 is 11.6 Å². The summed E-state index contributed by atoms with van der Waals surface area (Å²) in [6.07, 6.45) is 0. The highest BCUT2D eigenvalue weighted by atomic mass is 19.1. The van der Waals surface area contributed by atoms with E-state index in [9.17, 15) is 8.78 Å². The van der Waals surface area contributed by atoms with Crippen LogP contribution >= 0.6 is 0 Å². The van der Waals surface area contributed by atoms with E-state index in [1.54, 1.807) is 0 Å². The molecule has 1 N–H and O–H groups in total. The Morgan fingerprint density at radius 1 is 1.29 bits per heavy atom. The lowest BCUT2D eigenvalue weighted by Crippen LogP contribution is -2.19. The van der Waals surface area contributed by atoms with Crippen molar-refractivity contribution < 1.29 is 8.78 Å². The Hall–Kier alpha value is -0.960. The van der Waals surface area contributed by atoms with Crippen LogP contribution in [0.15, 0.2) is 18.2 Å². The highest BCUT2D eigenvalue weighted by molar-refractivity contribution is 5.18. The lowest BCUT2D eigenvalue weighted by atomic mass is 10.2. The first-order valence-electron chi connectivity index (χ1n) is 4.74. The molecule has 1 aromatic carbocycles. The molecule has 0 aliphatic carbocycles. The third-order valence-corrected chi connectivity index (χ3v) is 1.88. The minimum absolute atomic E-state index is 0.449. The smallest absolute Gasteiger partial charge is 0.130 e. The molecule has 0 saturated carbocycles. The van der Waals surface area contributed by atoms with E-state index in [0.717, 1.165) is 12.6 Å².